The summed E-state index contributed by atoms with van der Waals surface area (Å²) in [6, 6.07) is 22.3. The van der Waals surface area contributed by atoms with Crippen LogP contribution < -0.4 is 21.3 Å². The Labute approximate surface area is 213 Å². The number of rotatable bonds is 7. The summed E-state index contributed by atoms with van der Waals surface area (Å²) in [6.07, 6.45) is 0.898. The van der Waals surface area contributed by atoms with E-state index in [1.807, 2.05) is 60.7 Å². The minimum atomic E-state index is -0.548. The molecule has 3 aromatic carbocycles. The molecular weight excluding hydrogens is 468 g/mol. The van der Waals surface area contributed by atoms with Crippen molar-refractivity contribution in [2.45, 2.75) is 26.4 Å². The second-order valence-electron chi connectivity index (χ2n) is 8.98. The number of hydrogen-bond acceptors (Lipinski definition) is 4. The van der Waals surface area contributed by atoms with Crippen molar-refractivity contribution in [3.05, 3.63) is 105 Å². The monoisotopic (exact) mass is 496 g/mol. The van der Waals surface area contributed by atoms with Crippen LogP contribution in [0, 0.1) is 0 Å². The van der Waals surface area contributed by atoms with Gasteiger partial charge in [0.1, 0.15) is 17.8 Å². The van der Waals surface area contributed by atoms with Gasteiger partial charge in [-0.05, 0) is 47.9 Å². The second kappa shape index (κ2) is 9.81. The van der Waals surface area contributed by atoms with Crippen LogP contribution in [-0.2, 0) is 31.4 Å². The summed E-state index contributed by atoms with van der Waals surface area (Å²) in [5.41, 5.74) is 3.17. The highest BCUT2D eigenvalue weighted by atomic mass is 16.5. The molecule has 0 spiro atoms. The lowest BCUT2D eigenvalue weighted by Crippen LogP contribution is -2.42. The molecule has 0 atom stereocenters. The number of anilines is 1. The number of nitrogens with one attached hydrogen (secondary N) is 1. The van der Waals surface area contributed by atoms with E-state index in [0.29, 0.717) is 27.9 Å². The summed E-state index contributed by atoms with van der Waals surface area (Å²) >= 11 is 0. The largest absolute Gasteiger partial charge is 0.497 e. The predicted octanol–water partition coefficient (Wildman–Crippen LogP) is 3.91. The van der Waals surface area contributed by atoms with Crippen molar-refractivity contribution >= 4 is 33.5 Å². The lowest BCUT2D eigenvalue weighted by molar-refractivity contribution is -0.116. The van der Waals surface area contributed by atoms with Crippen LogP contribution >= 0.6 is 0 Å². The van der Waals surface area contributed by atoms with Gasteiger partial charge in [0, 0.05) is 18.1 Å². The smallest absolute Gasteiger partial charge is 0.332 e. The molecule has 1 amide bonds. The van der Waals surface area contributed by atoms with Gasteiger partial charge in [-0.2, -0.15) is 0 Å². The van der Waals surface area contributed by atoms with E-state index in [0.717, 1.165) is 23.1 Å². The minimum absolute atomic E-state index is 0.0966. The molecule has 0 unspecified atom stereocenters. The van der Waals surface area contributed by atoms with Gasteiger partial charge in [0.05, 0.1) is 24.7 Å². The third kappa shape index (κ3) is 4.42. The van der Waals surface area contributed by atoms with Crippen LogP contribution in [0.15, 0.2) is 82.4 Å². The molecule has 37 heavy (non-hydrogen) atoms. The van der Waals surface area contributed by atoms with Crippen LogP contribution in [0.1, 0.15) is 18.1 Å². The number of methoxy groups -OCH3 is 1. The number of aryl methyl sites for hydroxylation is 2. The molecule has 0 radical (unpaired) electrons. The first-order chi connectivity index (χ1) is 17.9. The summed E-state index contributed by atoms with van der Waals surface area (Å²) in [5, 5.41) is 3.54. The van der Waals surface area contributed by atoms with Crippen molar-refractivity contribution in [3.63, 3.8) is 0 Å². The van der Waals surface area contributed by atoms with Gasteiger partial charge in [0.2, 0.25) is 5.91 Å². The third-order valence-corrected chi connectivity index (χ3v) is 6.69. The Hall–Kier alpha value is -4.59. The standard InChI is InChI=1S/C29H28N4O4/c1-4-19-10-12-21(13-11-19)30-25(34)18-32-26-23-16-22(37-3)14-15-24(23)31(2)27(26)28(35)33(29(32)36)17-20-8-6-5-7-9-20/h5-16H,4,17-18H2,1-3H3,(H,30,34). The minimum Gasteiger partial charge on any atom is -0.497 e. The number of amides is 1. The predicted molar refractivity (Wildman–Crippen MR) is 145 cm³/mol. The van der Waals surface area contributed by atoms with Gasteiger partial charge in [-0.3, -0.25) is 18.7 Å². The number of carbonyl (C=O) groups is 1. The number of aromatic nitrogens is 3. The SMILES string of the molecule is CCc1ccc(NC(=O)Cn2c(=O)n(Cc3ccccc3)c(=O)c3c2c2cc(OC)ccc2n3C)cc1. The fourth-order valence-electron chi connectivity index (χ4n) is 4.73. The van der Waals surface area contributed by atoms with Crippen molar-refractivity contribution in [1.82, 2.24) is 13.7 Å². The molecule has 0 saturated carbocycles. The lowest BCUT2D eigenvalue weighted by Gasteiger charge is -2.14. The number of benzene rings is 3. The van der Waals surface area contributed by atoms with Gasteiger partial charge in [0.15, 0.2) is 0 Å². The molecule has 8 nitrogen and oxygen atoms in total. The summed E-state index contributed by atoms with van der Waals surface area (Å²) in [5.74, 6) is 0.227. The first-order valence-electron chi connectivity index (χ1n) is 12.1. The van der Waals surface area contributed by atoms with E-state index in [2.05, 4.69) is 12.2 Å². The summed E-state index contributed by atoms with van der Waals surface area (Å²) < 4.78 is 9.75. The first-order valence-corrected chi connectivity index (χ1v) is 12.1. The van der Waals surface area contributed by atoms with Crippen LogP contribution in [0.25, 0.3) is 21.9 Å². The second-order valence-corrected chi connectivity index (χ2v) is 8.98. The summed E-state index contributed by atoms with van der Waals surface area (Å²) in [7, 11) is 3.35. The molecule has 2 aromatic heterocycles. The van der Waals surface area contributed by atoms with Gasteiger partial charge in [0.25, 0.3) is 5.56 Å². The fraction of sp³-hybridized carbons (Fsp3) is 0.207. The maximum absolute atomic E-state index is 13.8. The molecule has 0 fully saturated rings. The quantitative estimate of drug-likeness (QED) is 0.370. The number of nitrogens with zero attached hydrogens (tertiary/aromatic N) is 3. The Balaban J connectivity index is 1.69. The third-order valence-electron chi connectivity index (χ3n) is 6.69. The summed E-state index contributed by atoms with van der Waals surface area (Å²) in [6.45, 7) is 1.91. The van der Waals surface area contributed by atoms with Crippen LogP contribution in [-0.4, -0.2) is 26.7 Å². The molecule has 0 saturated heterocycles. The number of fused-ring (bicyclic) bond motifs is 3. The zero-order chi connectivity index (χ0) is 26.1. The number of carbonyl (C=O) groups excluding carboxylic acids is 1. The fourth-order valence-corrected chi connectivity index (χ4v) is 4.73. The van der Waals surface area contributed by atoms with E-state index < -0.39 is 11.2 Å². The molecule has 5 aromatic rings. The Morgan fingerprint density at radius 2 is 1.62 bits per heavy atom. The highest BCUT2D eigenvalue weighted by Gasteiger charge is 2.22. The van der Waals surface area contributed by atoms with Crippen molar-refractivity contribution in [2.24, 2.45) is 7.05 Å². The van der Waals surface area contributed by atoms with Gasteiger partial charge in [-0.25, -0.2) is 4.79 Å². The van der Waals surface area contributed by atoms with E-state index in [4.69, 9.17) is 4.74 Å². The van der Waals surface area contributed by atoms with Crippen molar-refractivity contribution in [2.75, 3.05) is 12.4 Å². The molecule has 0 bridgehead atoms. The molecule has 2 heterocycles. The highest BCUT2D eigenvalue weighted by Crippen LogP contribution is 2.29. The van der Waals surface area contributed by atoms with Crippen molar-refractivity contribution in [3.8, 4) is 5.75 Å². The normalized spacial score (nSPS) is 11.2. The van der Waals surface area contributed by atoms with E-state index in [1.54, 1.807) is 30.9 Å². The molecular formula is C29H28N4O4. The number of hydrogen-bond donors (Lipinski definition) is 1. The molecule has 1 N–H and O–H groups in total. The van der Waals surface area contributed by atoms with Crippen molar-refractivity contribution < 1.29 is 9.53 Å². The average Bonchev–Trinajstić information content (AvgIpc) is 3.21. The zero-order valence-corrected chi connectivity index (χ0v) is 21.0. The molecule has 8 heteroatoms. The lowest BCUT2D eigenvalue weighted by atomic mass is 10.1. The van der Waals surface area contributed by atoms with Gasteiger partial charge >= 0.3 is 5.69 Å². The van der Waals surface area contributed by atoms with E-state index in [1.165, 1.54) is 9.13 Å². The molecule has 0 aliphatic rings. The molecule has 0 aliphatic heterocycles. The van der Waals surface area contributed by atoms with E-state index in [9.17, 15) is 14.4 Å². The zero-order valence-electron chi connectivity index (χ0n) is 21.0. The Morgan fingerprint density at radius 3 is 2.30 bits per heavy atom. The van der Waals surface area contributed by atoms with Crippen LogP contribution in [0.2, 0.25) is 0 Å². The molecule has 0 aliphatic carbocycles. The summed E-state index contributed by atoms with van der Waals surface area (Å²) in [4.78, 5) is 40.6. The molecule has 5 rings (SSSR count). The van der Waals surface area contributed by atoms with E-state index >= 15 is 0 Å². The Bertz CT molecular complexity index is 1730. The van der Waals surface area contributed by atoms with Crippen LogP contribution in [0.5, 0.6) is 5.75 Å². The number of ether oxygens (including phenoxy) is 1. The maximum Gasteiger partial charge on any atom is 0.332 e. The average molecular weight is 497 g/mol. The van der Waals surface area contributed by atoms with Gasteiger partial charge in [-0.1, -0.05) is 49.4 Å². The molecule has 188 valence electrons. The first kappa shape index (κ1) is 24.1. The Morgan fingerprint density at radius 1 is 0.892 bits per heavy atom. The van der Waals surface area contributed by atoms with Gasteiger partial charge < -0.3 is 14.6 Å². The highest BCUT2D eigenvalue weighted by molar-refractivity contribution is 6.06. The van der Waals surface area contributed by atoms with Crippen molar-refractivity contribution in [1.29, 1.82) is 0 Å². The maximum atomic E-state index is 13.8. The van der Waals surface area contributed by atoms with Crippen LogP contribution in [0.3, 0.4) is 0 Å². The van der Waals surface area contributed by atoms with Crippen LogP contribution in [0.4, 0.5) is 5.69 Å². The van der Waals surface area contributed by atoms with E-state index in [-0.39, 0.29) is 19.0 Å². The Kier molecular flexibility index (Phi) is 6.40. The topological polar surface area (TPSA) is 87.3 Å². The van der Waals surface area contributed by atoms with Gasteiger partial charge in [-0.15, -0.1) is 0 Å².